The molecule has 0 amide bonds. The van der Waals surface area contributed by atoms with Gasteiger partial charge in [0, 0.05) is 5.56 Å². The number of fused-ring (bicyclic) bond motifs is 1. The molecule has 0 atom stereocenters. The summed E-state index contributed by atoms with van der Waals surface area (Å²) in [5.41, 5.74) is 3.22. The van der Waals surface area contributed by atoms with Crippen molar-refractivity contribution in [2.45, 2.75) is 0 Å². The van der Waals surface area contributed by atoms with Gasteiger partial charge in [-0.3, -0.25) is 0 Å². The van der Waals surface area contributed by atoms with Crippen molar-refractivity contribution in [1.82, 2.24) is 15.0 Å². The van der Waals surface area contributed by atoms with Crippen LogP contribution in [-0.4, -0.2) is 15.0 Å². The van der Waals surface area contributed by atoms with Gasteiger partial charge in [-0.2, -0.15) is 5.26 Å². The minimum absolute atomic E-state index is 0.299. The lowest BCUT2D eigenvalue weighted by atomic mass is 10.1. The molecule has 0 aliphatic carbocycles. The first-order valence-corrected chi connectivity index (χ1v) is 4.65. The zero-order valence-electron chi connectivity index (χ0n) is 8.14. The lowest BCUT2D eigenvalue weighted by molar-refractivity contribution is 0.602. The number of hydrogen-bond donors (Lipinski definition) is 1. The van der Waals surface area contributed by atoms with Crippen LogP contribution in [0.4, 0.5) is 0 Å². The third kappa shape index (κ3) is 1.25. The van der Waals surface area contributed by atoms with Gasteiger partial charge >= 0.3 is 0 Å². The molecule has 0 radical (unpaired) electrons. The minimum atomic E-state index is 0.299. The summed E-state index contributed by atoms with van der Waals surface area (Å²) in [5, 5.41) is 8.66. The molecule has 1 N–H and O–H groups in total. The largest absolute Gasteiger partial charge is 0.443 e. The summed E-state index contributed by atoms with van der Waals surface area (Å²) < 4.78 is 5.20. The van der Waals surface area contributed by atoms with Crippen LogP contribution in [0.3, 0.4) is 0 Å². The van der Waals surface area contributed by atoms with Gasteiger partial charge in [0.2, 0.25) is 5.82 Å². The average molecular weight is 210 g/mol. The van der Waals surface area contributed by atoms with E-state index in [2.05, 4.69) is 15.0 Å². The van der Waals surface area contributed by atoms with Crippen LogP contribution in [0.1, 0.15) is 5.82 Å². The Hall–Kier alpha value is -2.61. The van der Waals surface area contributed by atoms with Crippen LogP contribution >= 0.6 is 0 Å². The topological polar surface area (TPSA) is 78.5 Å². The lowest BCUT2D eigenvalue weighted by Crippen LogP contribution is -1.78. The number of rotatable bonds is 1. The number of benzene rings is 1. The minimum Gasteiger partial charge on any atom is -0.443 e. The first-order chi connectivity index (χ1) is 7.86. The number of aromatic amines is 1. The van der Waals surface area contributed by atoms with E-state index >= 15 is 0 Å². The highest BCUT2D eigenvalue weighted by Crippen LogP contribution is 2.22. The van der Waals surface area contributed by atoms with Crippen molar-refractivity contribution in [3.63, 3.8) is 0 Å². The van der Waals surface area contributed by atoms with Crippen LogP contribution < -0.4 is 0 Å². The third-order valence-corrected chi connectivity index (χ3v) is 2.32. The van der Waals surface area contributed by atoms with E-state index in [0.717, 1.165) is 16.8 Å². The fourth-order valence-electron chi connectivity index (χ4n) is 1.55. The van der Waals surface area contributed by atoms with Crippen molar-refractivity contribution >= 4 is 11.1 Å². The van der Waals surface area contributed by atoms with E-state index < -0.39 is 0 Å². The smallest absolute Gasteiger partial charge is 0.210 e. The van der Waals surface area contributed by atoms with Crippen LogP contribution in [-0.2, 0) is 0 Å². The van der Waals surface area contributed by atoms with E-state index in [-0.39, 0.29) is 0 Å². The van der Waals surface area contributed by atoms with Crippen molar-refractivity contribution in [2.75, 3.05) is 0 Å². The maximum atomic E-state index is 8.66. The highest BCUT2D eigenvalue weighted by molar-refractivity contribution is 5.78. The van der Waals surface area contributed by atoms with Crippen LogP contribution in [0.2, 0.25) is 0 Å². The molecule has 16 heavy (non-hydrogen) atoms. The predicted molar refractivity (Wildman–Crippen MR) is 56.3 cm³/mol. The molecule has 2 heterocycles. The number of hydrogen-bond acceptors (Lipinski definition) is 4. The molecule has 0 unspecified atom stereocenters. The highest BCUT2D eigenvalue weighted by Gasteiger charge is 2.05. The quantitative estimate of drug-likeness (QED) is 0.667. The molecule has 0 aliphatic rings. The van der Waals surface area contributed by atoms with Crippen LogP contribution in [0.15, 0.2) is 35.2 Å². The fourth-order valence-corrected chi connectivity index (χ4v) is 1.55. The molecule has 0 bridgehead atoms. The first kappa shape index (κ1) is 8.68. The Kier molecular flexibility index (Phi) is 1.74. The normalized spacial score (nSPS) is 10.4. The number of H-pyrrole nitrogens is 1. The van der Waals surface area contributed by atoms with Gasteiger partial charge in [-0.1, -0.05) is 6.07 Å². The maximum Gasteiger partial charge on any atom is 0.210 e. The molecular weight excluding hydrogens is 204 g/mol. The summed E-state index contributed by atoms with van der Waals surface area (Å²) in [6.07, 6.45) is 3.03. The Morgan fingerprint density at radius 2 is 2.25 bits per heavy atom. The highest BCUT2D eigenvalue weighted by atomic mass is 16.3. The molecule has 0 saturated heterocycles. The van der Waals surface area contributed by atoms with E-state index in [0.29, 0.717) is 11.4 Å². The molecule has 1 aromatic carbocycles. The number of oxazole rings is 1. The van der Waals surface area contributed by atoms with Crippen LogP contribution in [0, 0.1) is 11.3 Å². The van der Waals surface area contributed by atoms with Crippen molar-refractivity contribution < 1.29 is 4.42 Å². The van der Waals surface area contributed by atoms with E-state index in [4.69, 9.17) is 9.68 Å². The molecule has 2 aromatic heterocycles. The Labute approximate surface area is 90.4 Å². The maximum absolute atomic E-state index is 8.66. The molecule has 0 fully saturated rings. The summed E-state index contributed by atoms with van der Waals surface area (Å²) in [5.74, 6) is 0.299. The number of nitriles is 1. The van der Waals surface area contributed by atoms with Gasteiger partial charge in [0.15, 0.2) is 12.0 Å². The number of nitrogens with one attached hydrogen (secondary N) is 1. The second-order valence-electron chi connectivity index (χ2n) is 3.29. The second kappa shape index (κ2) is 3.21. The standard InChI is InChI=1S/C11H6N4O/c12-4-11-13-5-9(15-11)7-1-2-8-10(3-7)16-6-14-8/h1-3,5-6H,(H,13,15). The molecule has 3 rings (SSSR count). The van der Waals surface area contributed by atoms with Crippen molar-refractivity contribution in [2.24, 2.45) is 0 Å². The molecule has 0 spiro atoms. The van der Waals surface area contributed by atoms with E-state index in [1.165, 1.54) is 6.39 Å². The van der Waals surface area contributed by atoms with Crippen molar-refractivity contribution in [3.05, 3.63) is 36.6 Å². The summed E-state index contributed by atoms with van der Waals surface area (Å²) in [6, 6.07) is 7.57. The molecule has 5 nitrogen and oxygen atoms in total. The molecule has 76 valence electrons. The Morgan fingerprint density at radius 3 is 3.06 bits per heavy atom. The zero-order valence-corrected chi connectivity index (χ0v) is 8.14. The Morgan fingerprint density at radius 1 is 1.31 bits per heavy atom. The van der Waals surface area contributed by atoms with Gasteiger partial charge in [0.25, 0.3) is 0 Å². The van der Waals surface area contributed by atoms with Gasteiger partial charge < -0.3 is 9.40 Å². The van der Waals surface area contributed by atoms with E-state index in [9.17, 15) is 0 Å². The van der Waals surface area contributed by atoms with Gasteiger partial charge in [0.05, 0.1) is 11.9 Å². The van der Waals surface area contributed by atoms with Gasteiger partial charge in [0.1, 0.15) is 11.6 Å². The summed E-state index contributed by atoms with van der Waals surface area (Å²) in [6.45, 7) is 0. The van der Waals surface area contributed by atoms with Crippen molar-refractivity contribution in [3.8, 4) is 17.3 Å². The van der Waals surface area contributed by atoms with Crippen LogP contribution in [0.5, 0.6) is 0 Å². The van der Waals surface area contributed by atoms with E-state index in [1.54, 1.807) is 6.20 Å². The summed E-state index contributed by atoms with van der Waals surface area (Å²) in [4.78, 5) is 10.8. The van der Waals surface area contributed by atoms with Crippen molar-refractivity contribution in [1.29, 1.82) is 5.26 Å². The molecule has 0 aliphatic heterocycles. The monoisotopic (exact) mass is 210 g/mol. The second-order valence-corrected chi connectivity index (χ2v) is 3.29. The summed E-state index contributed by atoms with van der Waals surface area (Å²) in [7, 11) is 0. The SMILES string of the molecule is N#Cc1ncc(-c2ccc3ncoc3c2)[nH]1. The molecule has 5 heteroatoms. The predicted octanol–water partition coefficient (Wildman–Crippen LogP) is 2.09. The summed E-state index contributed by atoms with van der Waals surface area (Å²) >= 11 is 0. The van der Waals surface area contributed by atoms with E-state index in [1.807, 2.05) is 24.3 Å². The third-order valence-electron chi connectivity index (χ3n) is 2.32. The van der Waals surface area contributed by atoms with Gasteiger partial charge in [-0.05, 0) is 12.1 Å². The molecule has 3 aromatic rings. The Balaban J connectivity index is 2.14. The molecule has 0 saturated carbocycles. The first-order valence-electron chi connectivity index (χ1n) is 4.65. The molecular formula is C11H6N4O. The van der Waals surface area contributed by atoms with Gasteiger partial charge in [-0.25, -0.2) is 9.97 Å². The fraction of sp³-hybridized carbons (Fsp3) is 0. The number of aromatic nitrogens is 3. The van der Waals surface area contributed by atoms with Crippen LogP contribution in [0.25, 0.3) is 22.4 Å². The lowest BCUT2D eigenvalue weighted by Gasteiger charge is -1.95. The number of nitrogens with zero attached hydrogens (tertiary/aromatic N) is 3. The average Bonchev–Trinajstić information content (AvgIpc) is 2.96. The Bertz CT molecular complexity index is 689. The zero-order chi connectivity index (χ0) is 11.0. The number of imidazole rings is 1. The van der Waals surface area contributed by atoms with Gasteiger partial charge in [-0.15, -0.1) is 0 Å².